The van der Waals surface area contributed by atoms with E-state index in [0.717, 1.165) is 6.54 Å². The average Bonchev–Trinajstić information content (AvgIpc) is 2.47. The maximum absolute atomic E-state index is 11.8. The van der Waals surface area contributed by atoms with Crippen molar-refractivity contribution in [1.82, 2.24) is 10.2 Å². The number of nitrogens with one attached hydrogen (secondary N) is 1. The van der Waals surface area contributed by atoms with Crippen molar-refractivity contribution in [2.75, 3.05) is 27.2 Å². The van der Waals surface area contributed by atoms with Crippen LogP contribution < -0.4 is 5.32 Å². The van der Waals surface area contributed by atoms with Gasteiger partial charge in [-0.05, 0) is 32.9 Å². The van der Waals surface area contributed by atoms with Crippen LogP contribution in [0.1, 0.15) is 84.5 Å². The van der Waals surface area contributed by atoms with E-state index in [0.29, 0.717) is 12.5 Å². The van der Waals surface area contributed by atoms with Crippen LogP contribution in [0.25, 0.3) is 0 Å². The molecule has 1 N–H and O–H groups in total. The molecule has 0 bridgehead atoms. The van der Waals surface area contributed by atoms with E-state index >= 15 is 0 Å². The summed E-state index contributed by atoms with van der Waals surface area (Å²) in [6.07, 6.45) is 14.6. The predicted molar refractivity (Wildman–Crippen MR) is 97.2 cm³/mol. The summed E-state index contributed by atoms with van der Waals surface area (Å²) in [6, 6.07) is 0. The highest BCUT2D eigenvalue weighted by Gasteiger charge is 2.11. The lowest BCUT2D eigenvalue weighted by molar-refractivity contribution is -0.121. The Kier molecular flexibility index (Phi) is 14.9. The minimum Gasteiger partial charge on any atom is -0.355 e. The SMILES string of the molecule is CCCCCCCC(CCCCCC)CNC(=O)CN(C)C. The third kappa shape index (κ3) is 14.4. The van der Waals surface area contributed by atoms with Gasteiger partial charge in [0.1, 0.15) is 0 Å². The summed E-state index contributed by atoms with van der Waals surface area (Å²) in [5.74, 6) is 0.833. The average molecular weight is 313 g/mol. The van der Waals surface area contributed by atoms with E-state index in [-0.39, 0.29) is 5.91 Å². The Balaban J connectivity index is 3.95. The molecule has 0 aromatic heterocycles. The van der Waals surface area contributed by atoms with Crippen molar-refractivity contribution in [2.24, 2.45) is 5.92 Å². The molecule has 132 valence electrons. The normalized spacial score (nSPS) is 12.6. The first-order valence-corrected chi connectivity index (χ1v) is 9.51. The zero-order valence-electron chi connectivity index (χ0n) is 15.6. The molecular weight excluding hydrogens is 272 g/mol. The van der Waals surface area contributed by atoms with Crippen LogP contribution in [0.15, 0.2) is 0 Å². The van der Waals surface area contributed by atoms with Crippen LogP contribution in [0.5, 0.6) is 0 Å². The van der Waals surface area contributed by atoms with Gasteiger partial charge in [0.2, 0.25) is 5.91 Å². The van der Waals surface area contributed by atoms with Crippen molar-refractivity contribution >= 4 is 5.91 Å². The lowest BCUT2D eigenvalue weighted by Gasteiger charge is -2.18. The molecule has 0 saturated carbocycles. The minimum absolute atomic E-state index is 0.162. The first kappa shape index (κ1) is 21.4. The van der Waals surface area contributed by atoms with E-state index < -0.39 is 0 Å². The van der Waals surface area contributed by atoms with Crippen molar-refractivity contribution in [3.8, 4) is 0 Å². The zero-order valence-corrected chi connectivity index (χ0v) is 15.6. The fourth-order valence-electron chi connectivity index (χ4n) is 2.85. The number of rotatable bonds is 15. The van der Waals surface area contributed by atoms with E-state index in [1.165, 1.54) is 70.6 Å². The lowest BCUT2D eigenvalue weighted by Crippen LogP contribution is -2.36. The van der Waals surface area contributed by atoms with Gasteiger partial charge in [0, 0.05) is 6.54 Å². The molecule has 0 radical (unpaired) electrons. The molecule has 3 heteroatoms. The van der Waals surface area contributed by atoms with Gasteiger partial charge in [-0.15, -0.1) is 0 Å². The van der Waals surface area contributed by atoms with E-state index in [4.69, 9.17) is 0 Å². The number of amides is 1. The summed E-state index contributed by atoms with van der Waals surface area (Å²) >= 11 is 0. The van der Waals surface area contributed by atoms with Gasteiger partial charge < -0.3 is 10.2 Å². The lowest BCUT2D eigenvalue weighted by atomic mass is 9.94. The Morgan fingerprint density at radius 2 is 1.36 bits per heavy atom. The fraction of sp³-hybridized carbons (Fsp3) is 0.947. The molecule has 1 atom stereocenters. The van der Waals surface area contributed by atoms with Gasteiger partial charge in [0.15, 0.2) is 0 Å². The number of nitrogens with zero attached hydrogens (tertiary/aromatic N) is 1. The van der Waals surface area contributed by atoms with Gasteiger partial charge in [-0.3, -0.25) is 4.79 Å². The van der Waals surface area contributed by atoms with Crippen LogP contribution in [0, 0.1) is 5.92 Å². The zero-order chi connectivity index (χ0) is 16.6. The third-order valence-corrected chi connectivity index (χ3v) is 4.23. The Bertz CT molecular complexity index is 254. The van der Waals surface area contributed by atoms with Gasteiger partial charge in [0.25, 0.3) is 0 Å². The summed E-state index contributed by atoms with van der Waals surface area (Å²) in [4.78, 5) is 13.7. The molecule has 0 aromatic rings. The summed E-state index contributed by atoms with van der Waals surface area (Å²) in [7, 11) is 3.88. The smallest absolute Gasteiger partial charge is 0.234 e. The highest BCUT2D eigenvalue weighted by atomic mass is 16.1. The number of unbranched alkanes of at least 4 members (excludes halogenated alkanes) is 7. The van der Waals surface area contributed by atoms with Crippen LogP contribution in [0.4, 0.5) is 0 Å². The van der Waals surface area contributed by atoms with Crippen LogP contribution in [-0.2, 0) is 4.79 Å². The van der Waals surface area contributed by atoms with E-state index in [2.05, 4.69) is 19.2 Å². The first-order chi connectivity index (χ1) is 10.6. The maximum Gasteiger partial charge on any atom is 0.234 e. The van der Waals surface area contributed by atoms with Gasteiger partial charge >= 0.3 is 0 Å². The van der Waals surface area contributed by atoms with Gasteiger partial charge in [-0.1, -0.05) is 71.6 Å². The Morgan fingerprint density at radius 3 is 1.86 bits per heavy atom. The van der Waals surface area contributed by atoms with Gasteiger partial charge in [-0.2, -0.15) is 0 Å². The second-order valence-corrected chi connectivity index (χ2v) is 6.96. The molecule has 22 heavy (non-hydrogen) atoms. The highest BCUT2D eigenvalue weighted by Crippen LogP contribution is 2.18. The molecule has 0 aromatic carbocycles. The largest absolute Gasteiger partial charge is 0.355 e. The molecule has 0 fully saturated rings. The molecule has 3 nitrogen and oxygen atoms in total. The number of hydrogen-bond donors (Lipinski definition) is 1. The van der Waals surface area contributed by atoms with Gasteiger partial charge in [0.05, 0.1) is 6.54 Å². The van der Waals surface area contributed by atoms with Crippen LogP contribution in [-0.4, -0.2) is 38.0 Å². The second kappa shape index (κ2) is 15.3. The van der Waals surface area contributed by atoms with Crippen molar-refractivity contribution in [2.45, 2.75) is 84.5 Å². The predicted octanol–water partition coefficient (Wildman–Crippen LogP) is 4.61. The minimum atomic E-state index is 0.162. The molecule has 0 aliphatic heterocycles. The molecular formula is C19H40N2O. The molecule has 0 heterocycles. The molecule has 0 aliphatic carbocycles. The Morgan fingerprint density at radius 1 is 0.864 bits per heavy atom. The van der Waals surface area contributed by atoms with E-state index in [9.17, 15) is 4.79 Å². The number of hydrogen-bond acceptors (Lipinski definition) is 2. The van der Waals surface area contributed by atoms with Crippen molar-refractivity contribution in [3.63, 3.8) is 0 Å². The molecule has 0 saturated heterocycles. The quantitative estimate of drug-likeness (QED) is 0.448. The molecule has 1 amide bonds. The Hall–Kier alpha value is -0.570. The maximum atomic E-state index is 11.8. The monoisotopic (exact) mass is 312 g/mol. The van der Waals surface area contributed by atoms with Crippen molar-refractivity contribution in [1.29, 1.82) is 0 Å². The summed E-state index contributed by atoms with van der Waals surface area (Å²) < 4.78 is 0. The molecule has 0 rings (SSSR count). The second-order valence-electron chi connectivity index (χ2n) is 6.96. The van der Waals surface area contributed by atoms with Crippen LogP contribution in [0.3, 0.4) is 0 Å². The standard InChI is InChI=1S/C19H40N2O/c1-5-7-9-11-13-15-18(14-12-10-8-6-2)16-20-19(22)17-21(3)4/h18H,5-17H2,1-4H3,(H,20,22). The molecule has 0 aliphatic rings. The third-order valence-electron chi connectivity index (χ3n) is 4.23. The van der Waals surface area contributed by atoms with Crippen molar-refractivity contribution < 1.29 is 4.79 Å². The molecule has 0 spiro atoms. The van der Waals surface area contributed by atoms with E-state index in [1.807, 2.05) is 19.0 Å². The highest BCUT2D eigenvalue weighted by molar-refractivity contribution is 5.77. The fourth-order valence-corrected chi connectivity index (χ4v) is 2.85. The Labute approximate surface area is 139 Å². The van der Waals surface area contributed by atoms with E-state index in [1.54, 1.807) is 0 Å². The number of carbonyl (C=O) groups is 1. The van der Waals surface area contributed by atoms with Gasteiger partial charge in [-0.25, -0.2) is 0 Å². The van der Waals surface area contributed by atoms with Crippen LogP contribution >= 0.6 is 0 Å². The van der Waals surface area contributed by atoms with Crippen molar-refractivity contribution in [3.05, 3.63) is 0 Å². The molecule has 1 unspecified atom stereocenters. The van der Waals surface area contributed by atoms with Crippen LogP contribution in [0.2, 0.25) is 0 Å². The summed E-state index contributed by atoms with van der Waals surface area (Å²) in [6.45, 7) is 5.88. The topological polar surface area (TPSA) is 32.3 Å². The first-order valence-electron chi connectivity index (χ1n) is 9.51. The summed E-state index contributed by atoms with van der Waals surface area (Å²) in [5, 5.41) is 3.13. The number of likely N-dealkylation sites (N-methyl/N-ethyl adjacent to an activating group) is 1. The number of carbonyl (C=O) groups excluding carboxylic acids is 1. The summed E-state index contributed by atoms with van der Waals surface area (Å²) in [5.41, 5.74) is 0.